The lowest BCUT2D eigenvalue weighted by molar-refractivity contribution is -0.0942. The highest BCUT2D eigenvalue weighted by Gasteiger charge is 2.50. The molecule has 11 heteroatoms. The zero-order valence-electron chi connectivity index (χ0n) is 17.4. The highest BCUT2D eigenvalue weighted by atomic mass is 32.1. The molecule has 6 N–H and O–H groups in total. The summed E-state index contributed by atoms with van der Waals surface area (Å²) < 4.78 is 36.4. The predicted octanol–water partition coefficient (Wildman–Crippen LogP) is 3.00. The Morgan fingerprint density at radius 1 is 1.31 bits per heavy atom. The Balaban J connectivity index is 1.44. The number of nitrogen functional groups attached to an aromatic ring is 1. The maximum absolute atomic E-state index is 14.2. The lowest BCUT2D eigenvalue weighted by Crippen LogP contribution is -2.43. The summed E-state index contributed by atoms with van der Waals surface area (Å²) in [6.07, 6.45) is 3.58. The molecule has 32 heavy (non-hydrogen) atoms. The molecule has 2 saturated heterocycles. The van der Waals surface area contributed by atoms with Crippen molar-refractivity contribution in [2.75, 3.05) is 11.1 Å². The number of aliphatic hydroxyl groups excluding tert-OH is 1. The topological polar surface area (TPSA) is 124 Å². The summed E-state index contributed by atoms with van der Waals surface area (Å²) in [5.74, 6) is -1.49. The molecule has 2 aliphatic rings. The van der Waals surface area contributed by atoms with Crippen LogP contribution < -0.4 is 16.8 Å². The number of aliphatic hydroxyl groups is 1. The van der Waals surface area contributed by atoms with E-state index in [-0.39, 0.29) is 33.4 Å². The second kappa shape index (κ2) is 7.77. The van der Waals surface area contributed by atoms with Gasteiger partial charge >= 0.3 is 0 Å². The number of benzene rings is 1. The first kappa shape index (κ1) is 21.3. The van der Waals surface area contributed by atoms with E-state index in [1.165, 1.54) is 6.07 Å². The van der Waals surface area contributed by atoms with Gasteiger partial charge in [0.2, 0.25) is 0 Å². The summed E-state index contributed by atoms with van der Waals surface area (Å²) in [4.78, 5) is 4.23. The van der Waals surface area contributed by atoms with Crippen LogP contribution >= 0.6 is 11.3 Å². The zero-order chi connectivity index (χ0) is 22.6. The van der Waals surface area contributed by atoms with Crippen molar-refractivity contribution < 1.29 is 18.6 Å². The molecule has 0 spiro atoms. The summed E-state index contributed by atoms with van der Waals surface area (Å²) >= 11 is 0.910. The van der Waals surface area contributed by atoms with Gasteiger partial charge in [-0.15, -0.1) is 0 Å². The average molecular weight is 463 g/mol. The number of hydrogen-bond donors (Lipinski definition) is 4. The number of rotatable bonds is 5. The van der Waals surface area contributed by atoms with Gasteiger partial charge in [0, 0.05) is 13.1 Å². The predicted molar refractivity (Wildman–Crippen MR) is 117 cm³/mol. The molecule has 8 nitrogen and oxygen atoms in total. The maximum Gasteiger partial charge on any atom is 0.171 e. The van der Waals surface area contributed by atoms with Gasteiger partial charge in [0.1, 0.15) is 32.9 Å². The van der Waals surface area contributed by atoms with Crippen LogP contribution in [0.25, 0.3) is 10.6 Å². The van der Waals surface area contributed by atoms with E-state index in [0.717, 1.165) is 54.8 Å². The largest absolute Gasteiger partial charge is 0.389 e. The van der Waals surface area contributed by atoms with E-state index in [1.807, 2.05) is 7.05 Å². The van der Waals surface area contributed by atoms with Gasteiger partial charge in [-0.05, 0) is 37.8 Å². The first-order chi connectivity index (χ1) is 15.3. The molecule has 4 atom stereocenters. The highest BCUT2D eigenvalue weighted by Crippen LogP contribution is 2.50. The van der Waals surface area contributed by atoms with Gasteiger partial charge in [-0.1, -0.05) is 17.4 Å². The quantitative estimate of drug-likeness (QED) is 0.430. The molecule has 2 aliphatic heterocycles. The van der Waals surface area contributed by atoms with Crippen LogP contribution in [0.15, 0.2) is 24.4 Å². The lowest BCUT2D eigenvalue weighted by atomic mass is 9.89. The van der Waals surface area contributed by atoms with Crippen LogP contribution in [0.5, 0.6) is 0 Å². The summed E-state index contributed by atoms with van der Waals surface area (Å²) in [7, 11) is 1.82. The zero-order valence-corrected chi connectivity index (χ0v) is 18.2. The Bertz CT molecular complexity index is 1150. The van der Waals surface area contributed by atoms with E-state index in [0.29, 0.717) is 5.69 Å². The number of ether oxygens (including phenoxy) is 1. The van der Waals surface area contributed by atoms with Crippen molar-refractivity contribution in [3.05, 3.63) is 47.4 Å². The van der Waals surface area contributed by atoms with Crippen LogP contribution in [0.1, 0.15) is 43.3 Å². The molecule has 1 unspecified atom stereocenters. The fourth-order valence-electron chi connectivity index (χ4n) is 4.79. The molecule has 0 radical (unpaired) electrons. The van der Waals surface area contributed by atoms with E-state index in [1.54, 1.807) is 10.9 Å². The molecular weight excluding hydrogens is 438 g/mol. The second-order valence-electron chi connectivity index (χ2n) is 8.33. The molecule has 3 aromatic rings. The van der Waals surface area contributed by atoms with Crippen LogP contribution in [0.3, 0.4) is 0 Å². The number of thiazole rings is 1. The van der Waals surface area contributed by atoms with E-state index in [4.69, 9.17) is 16.2 Å². The Kier molecular flexibility index (Phi) is 5.16. The standard InChI is InChI=1S/C21H24F2N6O2S/c1-29-17(21-7-5-12(24)14(31-21)6-8-21)13(9-26-29)27-19(30)16-18(25)32-20(28-16)15-10(22)3-2-4-11(15)23/h2-4,9,12,14,19,27,30H,5-8,24-25H2,1H3/t12-,14-,19?,21-/m1/s1. The third kappa shape index (κ3) is 3.36. The van der Waals surface area contributed by atoms with E-state index in [2.05, 4.69) is 15.4 Å². The highest BCUT2D eigenvalue weighted by molar-refractivity contribution is 7.18. The third-order valence-electron chi connectivity index (χ3n) is 6.35. The first-order valence-corrected chi connectivity index (χ1v) is 11.2. The van der Waals surface area contributed by atoms with Crippen molar-refractivity contribution in [3.8, 4) is 10.6 Å². The molecule has 170 valence electrons. The molecule has 0 amide bonds. The van der Waals surface area contributed by atoms with Crippen LogP contribution in [-0.4, -0.2) is 32.0 Å². The van der Waals surface area contributed by atoms with Gasteiger partial charge in [0.05, 0.1) is 29.2 Å². The monoisotopic (exact) mass is 462 g/mol. The van der Waals surface area contributed by atoms with E-state index in [9.17, 15) is 13.9 Å². The van der Waals surface area contributed by atoms with Gasteiger partial charge in [-0.2, -0.15) is 5.10 Å². The van der Waals surface area contributed by atoms with Gasteiger partial charge in [0.15, 0.2) is 6.23 Å². The van der Waals surface area contributed by atoms with Crippen molar-refractivity contribution in [2.45, 2.75) is 49.7 Å². The van der Waals surface area contributed by atoms with Crippen molar-refractivity contribution in [3.63, 3.8) is 0 Å². The Morgan fingerprint density at radius 3 is 2.78 bits per heavy atom. The van der Waals surface area contributed by atoms with Crippen LogP contribution in [0.4, 0.5) is 19.5 Å². The lowest BCUT2D eigenvalue weighted by Gasteiger charge is -2.37. The van der Waals surface area contributed by atoms with Crippen LogP contribution in [0, 0.1) is 11.6 Å². The van der Waals surface area contributed by atoms with Gasteiger partial charge < -0.3 is 26.6 Å². The number of aromatic nitrogens is 3. The third-order valence-corrected chi connectivity index (χ3v) is 7.27. The average Bonchev–Trinajstić information content (AvgIpc) is 3.42. The van der Waals surface area contributed by atoms with Gasteiger partial charge in [-0.3, -0.25) is 4.68 Å². The number of halogens is 2. The van der Waals surface area contributed by atoms with Crippen LogP contribution in [0.2, 0.25) is 0 Å². The van der Waals surface area contributed by atoms with Crippen molar-refractivity contribution in [1.82, 2.24) is 14.8 Å². The summed E-state index contributed by atoms with van der Waals surface area (Å²) in [6, 6.07) is 3.60. The normalized spacial score (nSPS) is 25.8. The van der Waals surface area contributed by atoms with Gasteiger partial charge in [0.25, 0.3) is 0 Å². The Labute approximate surface area is 187 Å². The summed E-state index contributed by atoms with van der Waals surface area (Å²) in [6.45, 7) is 0. The Hall–Kier alpha value is -2.60. The molecule has 2 fully saturated rings. The van der Waals surface area contributed by atoms with Crippen LogP contribution in [-0.2, 0) is 17.4 Å². The maximum atomic E-state index is 14.2. The van der Waals surface area contributed by atoms with Crippen molar-refractivity contribution >= 4 is 22.0 Å². The number of nitrogens with zero attached hydrogens (tertiary/aromatic N) is 3. The Morgan fingerprint density at radius 2 is 2.03 bits per heavy atom. The fourth-order valence-corrected chi connectivity index (χ4v) is 5.71. The van der Waals surface area contributed by atoms with Crippen molar-refractivity contribution in [2.24, 2.45) is 12.8 Å². The van der Waals surface area contributed by atoms with E-state index >= 15 is 0 Å². The number of nitrogens with one attached hydrogen (secondary N) is 1. The molecule has 4 heterocycles. The minimum atomic E-state index is -1.31. The van der Waals surface area contributed by atoms with Crippen molar-refractivity contribution in [1.29, 1.82) is 0 Å². The molecule has 2 bridgehead atoms. The molecule has 0 aliphatic carbocycles. The summed E-state index contributed by atoms with van der Waals surface area (Å²) in [5.41, 5.74) is 12.9. The number of aryl methyl sites for hydroxylation is 1. The SMILES string of the molecule is Cn1ncc(NC(O)c2nc(-c3c(F)cccc3F)sc2N)c1[C@@]12CC[C@@H](N)[C@@H](CC1)O2. The molecular formula is C21H24F2N6O2S. The van der Waals surface area contributed by atoms with Gasteiger partial charge in [-0.25, -0.2) is 13.8 Å². The first-order valence-electron chi connectivity index (χ1n) is 10.4. The molecule has 0 saturated carbocycles. The molecule has 2 aromatic heterocycles. The minimum Gasteiger partial charge on any atom is -0.389 e. The summed E-state index contributed by atoms with van der Waals surface area (Å²) in [5, 5.41) is 18.4. The van der Waals surface area contributed by atoms with E-state index < -0.39 is 23.5 Å². The smallest absolute Gasteiger partial charge is 0.171 e. The second-order valence-corrected chi connectivity index (χ2v) is 9.36. The fraction of sp³-hybridized carbons (Fsp3) is 0.429. The number of anilines is 2. The number of nitrogens with two attached hydrogens (primary N) is 2. The minimum absolute atomic E-state index is 0.00355. The number of fused-ring (bicyclic) bond motifs is 2. The molecule has 1 aromatic carbocycles. The number of hydrogen-bond acceptors (Lipinski definition) is 8. The molecule has 5 rings (SSSR count).